The number of esters is 1. The predicted octanol–water partition coefficient (Wildman–Crippen LogP) is 8.07. The zero-order valence-electron chi connectivity index (χ0n) is 20.8. The number of rotatable bonds is 18. The molecule has 0 heterocycles. The third-order valence-corrected chi connectivity index (χ3v) is 6.95. The van der Waals surface area contributed by atoms with E-state index in [1.807, 2.05) is 0 Å². The lowest BCUT2D eigenvalue weighted by molar-refractivity contribution is -0.175. The number of hydrogen-bond acceptors (Lipinski definition) is 3. The average molecular weight is 439 g/mol. The van der Waals surface area contributed by atoms with E-state index in [1.54, 1.807) is 0 Å². The smallest absolute Gasteiger partial charge is 0.323 e. The summed E-state index contributed by atoms with van der Waals surface area (Å²) in [5, 5.41) is 9.70. The summed E-state index contributed by atoms with van der Waals surface area (Å²) >= 11 is 0. The number of carboxylic acid groups (broad SMARTS) is 1. The maximum atomic E-state index is 12.8. The van der Waals surface area contributed by atoms with Crippen LogP contribution in [-0.2, 0) is 14.3 Å². The Morgan fingerprint density at radius 2 is 1.26 bits per heavy atom. The van der Waals surface area contributed by atoms with Gasteiger partial charge >= 0.3 is 11.9 Å². The van der Waals surface area contributed by atoms with Crippen LogP contribution in [0.5, 0.6) is 0 Å². The molecular formula is C27H50O4. The third kappa shape index (κ3) is 11.4. The SMILES string of the molecule is CCCC(CCCCCCCCCCCCC(C)C)OC(=O)C1(C(=O)O)CCCCC1. The van der Waals surface area contributed by atoms with Crippen molar-refractivity contribution >= 4 is 11.9 Å². The van der Waals surface area contributed by atoms with E-state index in [2.05, 4.69) is 20.8 Å². The number of ether oxygens (including phenoxy) is 1. The molecule has 1 N–H and O–H groups in total. The molecule has 1 unspecified atom stereocenters. The van der Waals surface area contributed by atoms with Crippen molar-refractivity contribution in [3.63, 3.8) is 0 Å². The van der Waals surface area contributed by atoms with Gasteiger partial charge in [-0.25, -0.2) is 0 Å². The molecule has 0 saturated heterocycles. The van der Waals surface area contributed by atoms with Crippen molar-refractivity contribution in [2.24, 2.45) is 11.3 Å². The van der Waals surface area contributed by atoms with Crippen molar-refractivity contribution in [3.8, 4) is 0 Å². The molecule has 31 heavy (non-hydrogen) atoms. The molecule has 1 atom stereocenters. The topological polar surface area (TPSA) is 63.6 Å². The molecule has 1 aliphatic carbocycles. The van der Waals surface area contributed by atoms with E-state index in [4.69, 9.17) is 4.74 Å². The van der Waals surface area contributed by atoms with Gasteiger partial charge in [0, 0.05) is 0 Å². The van der Waals surface area contributed by atoms with Crippen molar-refractivity contribution in [1.82, 2.24) is 0 Å². The highest BCUT2D eigenvalue weighted by molar-refractivity contribution is 5.99. The third-order valence-electron chi connectivity index (χ3n) is 6.95. The zero-order chi connectivity index (χ0) is 23.0. The minimum absolute atomic E-state index is 0.124. The van der Waals surface area contributed by atoms with E-state index in [1.165, 1.54) is 64.2 Å². The standard InChI is InChI=1S/C27H50O4/c1-4-18-24(31-26(30)27(25(28)29)21-16-13-17-22-27)20-15-12-10-8-6-5-7-9-11-14-19-23(2)3/h23-24H,4-22H2,1-3H3,(H,28,29). The Kier molecular flexibility index (Phi) is 14.9. The molecule has 1 saturated carbocycles. The quantitative estimate of drug-likeness (QED) is 0.133. The molecule has 0 aromatic heterocycles. The van der Waals surface area contributed by atoms with Gasteiger partial charge in [0.05, 0.1) is 0 Å². The van der Waals surface area contributed by atoms with Gasteiger partial charge in [0.1, 0.15) is 6.10 Å². The molecule has 4 heteroatoms. The van der Waals surface area contributed by atoms with Gasteiger partial charge in [-0.2, -0.15) is 0 Å². The summed E-state index contributed by atoms with van der Waals surface area (Å²) in [7, 11) is 0. The van der Waals surface area contributed by atoms with E-state index in [0.29, 0.717) is 12.8 Å². The second-order valence-electron chi connectivity index (χ2n) is 10.3. The van der Waals surface area contributed by atoms with Crippen molar-refractivity contribution in [3.05, 3.63) is 0 Å². The molecule has 0 spiro atoms. The number of carbonyl (C=O) groups is 2. The number of carboxylic acids is 1. The minimum Gasteiger partial charge on any atom is -0.480 e. The van der Waals surface area contributed by atoms with E-state index >= 15 is 0 Å². The molecule has 0 aliphatic heterocycles. The highest BCUT2D eigenvalue weighted by Crippen LogP contribution is 2.38. The van der Waals surface area contributed by atoms with Gasteiger partial charge in [0.15, 0.2) is 5.41 Å². The molecular weight excluding hydrogens is 388 g/mol. The van der Waals surface area contributed by atoms with E-state index < -0.39 is 17.4 Å². The van der Waals surface area contributed by atoms with Crippen LogP contribution in [0.1, 0.15) is 143 Å². The average Bonchev–Trinajstić information content (AvgIpc) is 2.74. The fraction of sp³-hybridized carbons (Fsp3) is 0.926. The Morgan fingerprint density at radius 1 is 0.774 bits per heavy atom. The fourth-order valence-corrected chi connectivity index (χ4v) is 4.85. The Hall–Kier alpha value is -1.06. The molecule has 0 radical (unpaired) electrons. The lowest BCUT2D eigenvalue weighted by Gasteiger charge is -2.32. The van der Waals surface area contributed by atoms with Gasteiger partial charge in [-0.1, -0.05) is 111 Å². The molecule has 182 valence electrons. The molecule has 0 amide bonds. The molecule has 1 rings (SSSR count). The van der Waals surface area contributed by atoms with Crippen LogP contribution in [0.2, 0.25) is 0 Å². The summed E-state index contributed by atoms with van der Waals surface area (Å²) in [5.74, 6) is -0.634. The molecule has 1 fully saturated rings. The van der Waals surface area contributed by atoms with Crippen LogP contribution >= 0.6 is 0 Å². The molecule has 0 aromatic carbocycles. The van der Waals surface area contributed by atoms with Crippen LogP contribution in [0.15, 0.2) is 0 Å². The van der Waals surface area contributed by atoms with Crippen LogP contribution in [0, 0.1) is 11.3 Å². The summed E-state index contributed by atoms with van der Waals surface area (Å²) in [6, 6.07) is 0. The van der Waals surface area contributed by atoms with Crippen molar-refractivity contribution in [2.45, 2.75) is 149 Å². The second-order valence-corrected chi connectivity index (χ2v) is 10.3. The van der Waals surface area contributed by atoms with E-state index in [0.717, 1.165) is 50.9 Å². The van der Waals surface area contributed by atoms with Crippen LogP contribution < -0.4 is 0 Å². The fourth-order valence-electron chi connectivity index (χ4n) is 4.85. The molecule has 1 aliphatic rings. The van der Waals surface area contributed by atoms with Crippen LogP contribution in [-0.4, -0.2) is 23.1 Å². The maximum Gasteiger partial charge on any atom is 0.323 e. The summed E-state index contributed by atoms with van der Waals surface area (Å²) in [6.45, 7) is 6.70. The lowest BCUT2D eigenvalue weighted by Crippen LogP contribution is -2.43. The first kappa shape index (κ1) is 28.0. The Balaban J connectivity index is 2.17. The highest BCUT2D eigenvalue weighted by Gasteiger charge is 2.48. The maximum absolute atomic E-state index is 12.8. The summed E-state index contributed by atoms with van der Waals surface area (Å²) < 4.78 is 5.78. The second kappa shape index (κ2) is 16.6. The normalized spacial score (nSPS) is 16.9. The molecule has 0 bridgehead atoms. The number of hydrogen-bond donors (Lipinski definition) is 1. The van der Waals surface area contributed by atoms with Gasteiger partial charge in [0.2, 0.25) is 0 Å². The molecule has 4 nitrogen and oxygen atoms in total. The van der Waals surface area contributed by atoms with Crippen molar-refractivity contribution in [1.29, 1.82) is 0 Å². The van der Waals surface area contributed by atoms with Gasteiger partial charge in [-0.3, -0.25) is 9.59 Å². The van der Waals surface area contributed by atoms with Gasteiger partial charge < -0.3 is 9.84 Å². The zero-order valence-corrected chi connectivity index (χ0v) is 20.8. The lowest BCUT2D eigenvalue weighted by atomic mass is 9.74. The number of carbonyl (C=O) groups excluding carboxylic acids is 1. The minimum atomic E-state index is -1.29. The van der Waals surface area contributed by atoms with Crippen LogP contribution in [0.25, 0.3) is 0 Å². The summed E-state index contributed by atoms with van der Waals surface area (Å²) in [5.41, 5.74) is -1.29. The predicted molar refractivity (Wildman–Crippen MR) is 128 cm³/mol. The first-order valence-electron chi connectivity index (χ1n) is 13.4. The Labute approximate surface area is 191 Å². The molecule has 0 aromatic rings. The Morgan fingerprint density at radius 3 is 1.71 bits per heavy atom. The van der Waals surface area contributed by atoms with E-state index in [-0.39, 0.29) is 6.10 Å². The van der Waals surface area contributed by atoms with E-state index in [9.17, 15) is 14.7 Å². The largest absolute Gasteiger partial charge is 0.480 e. The van der Waals surface area contributed by atoms with Crippen molar-refractivity contribution in [2.75, 3.05) is 0 Å². The Bertz CT molecular complexity index is 480. The summed E-state index contributed by atoms with van der Waals surface area (Å²) in [4.78, 5) is 24.6. The monoisotopic (exact) mass is 438 g/mol. The first-order valence-corrected chi connectivity index (χ1v) is 13.4. The first-order chi connectivity index (χ1) is 14.9. The number of aliphatic carboxylic acids is 1. The summed E-state index contributed by atoms with van der Waals surface area (Å²) in [6.07, 6.45) is 20.4. The van der Waals surface area contributed by atoms with Gasteiger partial charge in [0.25, 0.3) is 0 Å². The van der Waals surface area contributed by atoms with Crippen molar-refractivity contribution < 1.29 is 19.4 Å². The van der Waals surface area contributed by atoms with Crippen LogP contribution in [0.4, 0.5) is 0 Å². The van der Waals surface area contributed by atoms with Gasteiger partial charge in [-0.05, 0) is 38.0 Å². The van der Waals surface area contributed by atoms with Crippen LogP contribution in [0.3, 0.4) is 0 Å². The number of unbranched alkanes of at least 4 members (excludes halogenated alkanes) is 9. The van der Waals surface area contributed by atoms with Gasteiger partial charge in [-0.15, -0.1) is 0 Å². The highest BCUT2D eigenvalue weighted by atomic mass is 16.5.